The van der Waals surface area contributed by atoms with Crippen LogP contribution in [0, 0.1) is 6.92 Å². The van der Waals surface area contributed by atoms with E-state index in [-0.39, 0.29) is 0 Å². The summed E-state index contributed by atoms with van der Waals surface area (Å²) in [5, 5.41) is 3.54. The van der Waals surface area contributed by atoms with E-state index < -0.39 is 0 Å². The van der Waals surface area contributed by atoms with E-state index in [1.54, 1.807) is 0 Å². The number of nitrogens with one attached hydrogen (secondary N) is 1. The summed E-state index contributed by atoms with van der Waals surface area (Å²) in [5.74, 6) is 0. The zero-order valence-electron chi connectivity index (χ0n) is 10.0. The Morgan fingerprint density at radius 3 is 2.41 bits per heavy atom. The third kappa shape index (κ3) is 3.18. The van der Waals surface area contributed by atoms with Crippen molar-refractivity contribution in [1.29, 1.82) is 0 Å². The molecule has 0 bridgehead atoms. The van der Waals surface area contributed by atoms with Crippen LogP contribution in [0.4, 0.5) is 0 Å². The first-order valence-corrected chi connectivity index (χ1v) is 7.37. The van der Waals surface area contributed by atoms with Crippen LogP contribution in [-0.4, -0.2) is 6.54 Å². The molecular weight excluding hydrogens is 294 g/mol. The number of aryl methyl sites for hydroxylation is 1. The molecule has 0 fully saturated rings. The molecule has 1 aromatic heterocycles. The molecule has 1 unspecified atom stereocenters. The summed E-state index contributed by atoms with van der Waals surface area (Å²) in [6.07, 6.45) is 0. The predicted molar refractivity (Wildman–Crippen MR) is 78.7 cm³/mol. The van der Waals surface area contributed by atoms with E-state index in [1.165, 1.54) is 15.3 Å². The zero-order valence-corrected chi connectivity index (χ0v) is 12.4. The first-order valence-electron chi connectivity index (χ1n) is 5.76. The molecule has 1 aromatic carbocycles. The van der Waals surface area contributed by atoms with Crippen molar-refractivity contribution in [2.75, 3.05) is 6.54 Å². The first-order chi connectivity index (χ1) is 8.20. The third-order valence-electron chi connectivity index (χ3n) is 2.66. The monoisotopic (exact) mass is 309 g/mol. The average molecular weight is 310 g/mol. The van der Waals surface area contributed by atoms with Gasteiger partial charge in [-0.1, -0.05) is 35.0 Å². The van der Waals surface area contributed by atoms with Crippen LogP contribution in [0.25, 0.3) is 0 Å². The second kappa shape index (κ2) is 5.80. The van der Waals surface area contributed by atoms with Gasteiger partial charge in [0, 0.05) is 14.2 Å². The van der Waals surface area contributed by atoms with E-state index in [9.17, 15) is 0 Å². The number of halogens is 1. The van der Waals surface area contributed by atoms with Gasteiger partial charge in [-0.05, 0) is 43.3 Å². The number of thiophene rings is 1. The standard InChI is InChI=1S/C14H16BrNS/c1-3-16-14(13-9-4-10(2)17-13)11-5-7-12(15)8-6-11/h4-9,14,16H,3H2,1-2H3. The van der Waals surface area contributed by atoms with Gasteiger partial charge < -0.3 is 5.32 Å². The van der Waals surface area contributed by atoms with Crippen molar-refractivity contribution in [2.24, 2.45) is 0 Å². The molecule has 1 atom stereocenters. The Balaban J connectivity index is 2.31. The van der Waals surface area contributed by atoms with E-state index in [1.807, 2.05) is 11.3 Å². The molecular formula is C14H16BrNS. The molecule has 0 radical (unpaired) electrons. The topological polar surface area (TPSA) is 12.0 Å². The van der Waals surface area contributed by atoms with Crippen molar-refractivity contribution in [1.82, 2.24) is 5.32 Å². The van der Waals surface area contributed by atoms with E-state index in [0.29, 0.717) is 6.04 Å². The maximum atomic E-state index is 3.54. The Hall–Kier alpha value is -0.640. The number of rotatable bonds is 4. The highest BCUT2D eigenvalue weighted by molar-refractivity contribution is 9.10. The lowest BCUT2D eigenvalue weighted by atomic mass is 10.1. The molecule has 0 amide bonds. The summed E-state index contributed by atoms with van der Waals surface area (Å²) in [6, 6.07) is 13.3. The summed E-state index contributed by atoms with van der Waals surface area (Å²) in [6.45, 7) is 5.27. The molecule has 0 aliphatic heterocycles. The van der Waals surface area contributed by atoms with Gasteiger partial charge in [-0.3, -0.25) is 0 Å². The fraction of sp³-hybridized carbons (Fsp3) is 0.286. The second-order valence-corrected chi connectivity index (χ2v) is 6.23. The first kappa shape index (κ1) is 12.8. The number of hydrogen-bond acceptors (Lipinski definition) is 2. The van der Waals surface area contributed by atoms with Crippen molar-refractivity contribution in [3.05, 3.63) is 56.2 Å². The minimum absolute atomic E-state index is 0.312. The highest BCUT2D eigenvalue weighted by Crippen LogP contribution is 2.28. The zero-order chi connectivity index (χ0) is 12.3. The molecule has 1 N–H and O–H groups in total. The molecule has 0 aliphatic carbocycles. The van der Waals surface area contributed by atoms with Gasteiger partial charge in [0.2, 0.25) is 0 Å². The van der Waals surface area contributed by atoms with Crippen molar-refractivity contribution in [2.45, 2.75) is 19.9 Å². The van der Waals surface area contributed by atoms with Gasteiger partial charge in [0.05, 0.1) is 6.04 Å². The van der Waals surface area contributed by atoms with Crippen molar-refractivity contribution >= 4 is 27.3 Å². The number of hydrogen-bond donors (Lipinski definition) is 1. The van der Waals surface area contributed by atoms with E-state index >= 15 is 0 Å². The van der Waals surface area contributed by atoms with Gasteiger partial charge in [-0.15, -0.1) is 11.3 Å². The molecule has 2 rings (SSSR count). The molecule has 2 aromatic rings. The van der Waals surface area contributed by atoms with Gasteiger partial charge >= 0.3 is 0 Å². The minimum atomic E-state index is 0.312. The maximum Gasteiger partial charge on any atom is 0.0671 e. The van der Waals surface area contributed by atoms with E-state index in [0.717, 1.165) is 11.0 Å². The quantitative estimate of drug-likeness (QED) is 0.875. The Bertz CT molecular complexity index is 475. The van der Waals surface area contributed by atoms with Crippen LogP contribution < -0.4 is 5.32 Å². The van der Waals surface area contributed by atoms with Crippen LogP contribution in [0.15, 0.2) is 40.9 Å². The summed E-state index contributed by atoms with van der Waals surface area (Å²) in [7, 11) is 0. The molecule has 1 heterocycles. The maximum absolute atomic E-state index is 3.54. The van der Waals surface area contributed by atoms with E-state index in [4.69, 9.17) is 0 Å². The SMILES string of the molecule is CCNC(c1ccc(Br)cc1)c1ccc(C)s1. The van der Waals surface area contributed by atoms with Crippen LogP contribution in [-0.2, 0) is 0 Å². The van der Waals surface area contributed by atoms with Crippen LogP contribution in [0.3, 0.4) is 0 Å². The Labute approximate surface area is 115 Å². The van der Waals surface area contributed by atoms with Gasteiger partial charge in [0.1, 0.15) is 0 Å². The Morgan fingerprint density at radius 2 is 1.88 bits per heavy atom. The summed E-state index contributed by atoms with van der Waals surface area (Å²) in [4.78, 5) is 2.74. The lowest BCUT2D eigenvalue weighted by Crippen LogP contribution is -2.20. The molecule has 17 heavy (non-hydrogen) atoms. The normalized spacial score (nSPS) is 12.6. The van der Waals surface area contributed by atoms with Gasteiger partial charge in [-0.25, -0.2) is 0 Å². The molecule has 0 aliphatic rings. The molecule has 90 valence electrons. The number of benzene rings is 1. The fourth-order valence-electron chi connectivity index (χ4n) is 1.85. The predicted octanol–water partition coefficient (Wildman–Crippen LogP) is 4.52. The highest BCUT2D eigenvalue weighted by Gasteiger charge is 2.14. The smallest absolute Gasteiger partial charge is 0.0671 e. The van der Waals surface area contributed by atoms with E-state index in [2.05, 4.69) is 71.5 Å². The molecule has 1 nitrogen and oxygen atoms in total. The van der Waals surface area contributed by atoms with Gasteiger partial charge in [0.15, 0.2) is 0 Å². The Morgan fingerprint density at radius 1 is 1.18 bits per heavy atom. The van der Waals surface area contributed by atoms with Gasteiger partial charge in [0.25, 0.3) is 0 Å². The Kier molecular flexibility index (Phi) is 4.37. The minimum Gasteiger partial charge on any atom is -0.306 e. The molecule has 3 heteroatoms. The summed E-state index contributed by atoms with van der Waals surface area (Å²) < 4.78 is 1.12. The lowest BCUT2D eigenvalue weighted by molar-refractivity contribution is 0.639. The lowest BCUT2D eigenvalue weighted by Gasteiger charge is -2.17. The van der Waals surface area contributed by atoms with Crippen molar-refractivity contribution in [3.8, 4) is 0 Å². The molecule has 0 saturated carbocycles. The van der Waals surface area contributed by atoms with Crippen LogP contribution in [0.1, 0.15) is 28.3 Å². The molecule has 0 spiro atoms. The second-order valence-electron chi connectivity index (χ2n) is 3.99. The summed E-state index contributed by atoms with van der Waals surface area (Å²) in [5.41, 5.74) is 1.32. The fourth-order valence-corrected chi connectivity index (χ4v) is 3.10. The van der Waals surface area contributed by atoms with Crippen LogP contribution in [0.2, 0.25) is 0 Å². The highest BCUT2D eigenvalue weighted by atomic mass is 79.9. The largest absolute Gasteiger partial charge is 0.306 e. The third-order valence-corrected chi connectivity index (χ3v) is 4.25. The van der Waals surface area contributed by atoms with Crippen molar-refractivity contribution in [3.63, 3.8) is 0 Å². The van der Waals surface area contributed by atoms with Crippen LogP contribution >= 0.6 is 27.3 Å². The summed E-state index contributed by atoms with van der Waals surface area (Å²) >= 11 is 5.34. The average Bonchev–Trinajstić information content (AvgIpc) is 2.74. The van der Waals surface area contributed by atoms with Crippen molar-refractivity contribution < 1.29 is 0 Å². The molecule has 0 saturated heterocycles. The van der Waals surface area contributed by atoms with Gasteiger partial charge in [-0.2, -0.15) is 0 Å². The van der Waals surface area contributed by atoms with Crippen LogP contribution in [0.5, 0.6) is 0 Å².